The smallest absolute Gasteiger partial charge is 0.267 e. The Kier molecular flexibility index (Phi) is 5.18. The van der Waals surface area contributed by atoms with Crippen molar-refractivity contribution in [1.82, 2.24) is 10.0 Å². The second kappa shape index (κ2) is 6.21. The van der Waals surface area contributed by atoms with Crippen molar-refractivity contribution in [2.75, 3.05) is 13.7 Å². The molecule has 1 rings (SSSR count). The number of rotatable bonds is 4. The van der Waals surface area contributed by atoms with Crippen LogP contribution in [0.15, 0.2) is 23.1 Å². The molecule has 5 nitrogen and oxygen atoms in total. The van der Waals surface area contributed by atoms with Gasteiger partial charge in [-0.05, 0) is 37.3 Å². The lowest BCUT2D eigenvalue weighted by Crippen LogP contribution is -2.39. The van der Waals surface area contributed by atoms with Crippen molar-refractivity contribution in [3.05, 3.63) is 23.2 Å². The van der Waals surface area contributed by atoms with E-state index in [2.05, 4.69) is 10.0 Å². The van der Waals surface area contributed by atoms with Crippen LogP contribution in [0.5, 0.6) is 5.75 Å². The molecular weight excluding hydrogens is 296 g/mol. The lowest BCUT2D eigenvalue weighted by atomic mass is 10.3. The predicted octanol–water partition coefficient (Wildman–Crippen LogP) is 1.52. The third-order valence-electron chi connectivity index (χ3n) is 1.98. The molecule has 0 spiro atoms. The Labute approximate surface area is 117 Å². The second-order valence-electron chi connectivity index (χ2n) is 3.26. The molecule has 0 atom stereocenters. The fourth-order valence-corrected chi connectivity index (χ4v) is 3.07. The third kappa shape index (κ3) is 3.72. The first kappa shape index (κ1) is 15.0. The van der Waals surface area contributed by atoms with Crippen LogP contribution in [-0.4, -0.2) is 27.2 Å². The van der Waals surface area contributed by atoms with Crippen LogP contribution in [0.3, 0.4) is 0 Å². The summed E-state index contributed by atoms with van der Waals surface area (Å²) in [7, 11) is -2.43. The molecular formula is C10H13ClN2O3S2. The summed E-state index contributed by atoms with van der Waals surface area (Å²) in [4.78, 5) is -0.0576. The molecule has 0 aliphatic rings. The normalized spacial score (nSPS) is 10.8. The maximum absolute atomic E-state index is 12.1. The summed E-state index contributed by atoms with van der Waals surface area (Å²) < 4.78 is 31.4. The minimum absolute atomic E-state index is 0.0273. The quantitative estimate of drug-likeness (QED) is 0.826. The highest BCUT2D eigenvalue weighted by Crippen LogP contribution is 2.26. The van der Waals surface area contributed by atoms with Gasteiger partial charge in [-0.1, -0.05) is 11.6 Å². The first-order chi connectivity index (χ1) is 8.40. The Morgan fingerprint density at radius 3 is 2.72 bits per heavy atom. The molecule has 0 amide bonds. The highest BCUT2D eigenvalue weighted by molar-refractivity contribution is 7.92. The van der Waals surface area contributed by atoms with Crippen LogP contribution in [0.1, 0.15) is 6.92 Å². The number of thiocarbonyl (C=S) groups is 1. The molecule has 0 aliphatic heterocycles. The molecule has 0 aromatic heterocycles. The van der Waals surface area contributed by atoms with Crippen molar-refractivity contribution in [2.45, 2.75) is 11.8 Å². The number of hydrogen-bond acceptors (Lipinski definition) is 4. The Balaban J connectivity index is 3.11. The van der Waals surface area contributed by atoms with E-state index in [4.69, 9.17) is 28.6 Å². The van der Waals surface area contributed by atoms with Gasteiger partial charge in [0.15, 0.2) is 5.11 Å². The van der Waals surface area contributed by atoms with Crippen molar-refractivity contribution in [3.8, 4) is 5.75 Å². The van der Waals surface area contributed by atoms with Gasteiger partial charge >= 0.3 is 0 Å². The number of methoxy groups -OCH3 is 1. The molecule has 0 aliphatic carbocycles. The largest absolute Gasteiger partial charge is 0.495 e. The van der Waals surface area contributed by atoms with Gasteiger partial charge in [-0.25, -0.2) is 8.42 Å². The van der Waals surface area contributed by atoms with E-state index >= 15 is 0 Å². The lowest BCUT2D eigenvalue weighted by molar-refractivity contribution is 0.402. The molecule has 1 aromatic carbocycles. The molecule has 0 unspecified atom stereocenters. The van der Waals surface area contributed by atoms with E-state index in [1.54, 1.807) is 13.0 Å². The van der Waals surface area contributed by atoms with Crippen LogP contribution in [-0.2, 0) is 10.0 Å². The number of sulfonamides is 1. The van der Waals surface area contributed by atoms with E-state index in [0.717, 1.165) is 0 Å². The number of halogens is 1. The van der Waals surface area contributed by atoms with E-state index in [0.29, 0.717) is 11.6 Å². The van der Waals surface area contributed by atoms with Crippen LogP contribution >= 0.6 is 23.8 Å². The zero-order valence-corrected chi connectivity index (χ0v) is 12.2. The van der Waals surface area contributed by atoms with Crippen LogP contribution in [0.2, 0.25) is 5.02 Å². The molecule has 8 heteroatoms. The van der Waals surface area contributed by atoms with Gasteiger partial charge in [0, 0.05) is 11.6 Å². The zero-order chi connectivity index (χ0) is 13.8. The van der Waals surface area contributed by atoms with E-state index < -0.39 is 10.0 Å². The van der Waals surface area contributed by atoms with Gasteiger partial charge in [-0.3, -0.25) is 4.72 Å². The summed E-state index contributed by atoms with van der Waals surface area (Å²) in [5, 5.41) is 3.01. The van der Waals surface area contributed by atoms with Gasteiger partial charge < -0.3 is 10.1 Å². The van der Waals surface area contributed by atoms with E-state index in [-0.39, 0.29) is 15.8 Å². The zero-order valence-electron chi connectivity index (χ0n) is 9.86. The fraction of sp³-hybridized carbons (Fsp3) is 0.300. The van der Waals surface area contributed by atoms with Crippen molar-refractivity contribution in [3.63, 3.8) is 0 Å². The summed E-state index contributed by atoms with van der Waals surface area (Å²) in [5.74, 6) is 0.200. The number of benzene rings is 1. The standard InChI is InChI=1S/C10H13ClN2O3S2/c1-3-12-10(17)13-18(14,15)9-6-7(11)4-5-8(9)16-2/h4-6H,3H2,1-2H3,(H2,12,13,17). The molecule has 0 saturated heterocycles. The average molecular weight is 309 g/mol. The van der Waals surface area contributed by atoms with Crippen molar-refractivity contribution in [2.24, 2.45) is 0 Å². The molecule has 0 bridgehead atoms. The van der Waals surface area contributed by atoms with Gasteiger partial charge in [0.25, 0.3) is 10.0 Å². The molecule has 100 valence electrons. The van der Waals surface area contributed by atoms with Gasteiger partial charge in [-0.2, -0.15) is 0 Å². The van der Waals surface area contributed by atoms with E-state index in [9.17, 15) is 8.42 Å². The summed E-state index contributed by atoms with van der Waals surface area (Å²) in [6.45, 7) is 2.33. The number of nitrogens with one attached hydrogen (secondary N) is 2. The summed E-state index contributed by atoms with van der Waals surface area (Å²) in [6.07, 6.45) is 0. The van der Waals surface area contributed by atoms with E-state index in [1.165, 1.54) is 19.2 Å². The Morgan fingerprint density at radius 2 is 2.17 bits per heavy atom. The minimum atomic E-state index is -3.81. The summed E-state index contributed by atoms with van der Waals surface area (Å²) in [5.41, 5.74) is 0. The SMILES string of the molecule is CCNC(=S)NS(=O)(=O)c1cc(Cl)ccc1OC. The third-order valence-corrected chi connectivity index (χ3v) is 3.96. The maximum Gasteiger partial charge on any atom is 0.267 e. The van der Waals surface area contributed by atoms with Crippen molar-refractivity contribution >= 4 is 39.0 Å². The van der Waals surface area contributed by atoms with Crippen molar-refractivity contribution < 1.29 is 13.2 Å². The average Bonchev–Trinajstić information content (AvgIpc) is 2.28. The Morgan fingerprint density at radius 1 is 1.50 bits per heavy atom. The molecule has 0 fully saturated rings. The molecule has 0 saturated carbocycles. The van der Waals surface area contributed by atoms with Crippen LogP contribution in [0.25, 0.3) is 0 Å². The number of ether oxygens (including phenoxy) is 1. The predicted molar refractivity (Wildman–Crippen MR) is 74.6 cm³/mol. The highest BCUT2D eigenvalue weighted by Gasteiger charge is 2.20. The summed E-state index contributed by atoms with van der Waals surface area (Å²) in [6, 6.07) is 4.33. The Bertz CT molecular complexity index is 546. The molecule has 0 radical (unpaired) electrons. The van der Waals surface area contributed by atoms with Gasteiger partial charge in [0.1, 0.15) is 10.6 Å². The highest BCUT2D eigenvalue weighted by atomic mass is 35.5. The van der Waals surface area contributed by atoms with Gasteiger partial charge in [0.05, 0.1) is 7.11 Å². The van der Waals surface area contributed by atoms with Gasteiger partial charge in [0.2, 0.25) is 0 Å². The second-order valence-corrected chi connectivity index (χ2v) is 5.76. The molecule has 0 heterocycles. The topological polar surface area (TPSA) is 67.4 Å². The van der Waals surface area contributed by atoms with Crippen molar-refractivity contribution in [1.29, 1.82) is 0 Å². The number of hydrogen-bond donors (Lipinski definition) is 2. The summed E-state index contributed by atoms with van der Waals surface area (Å²) >= 11 is 10.6. The first-order valence-electron chi connectivity index (χ1n) is 5.05. The fourth-order valence-electron chi connectivity index (χ4n) is 1.23. The van der Waals surface area contributed by atoms with Gasteiger partial charge in [-0.15, -0.1) is 0 Å². The lowest BCUT2D eigenvalue weighted by Gasteiger charge is -2.12. The molecule has 2 N–H and O–H groups in total. The first-order valence-corrected chi connectivity index (χ1v) is 7.32. The van der Waals surface area contributed by atoms with E-state index in [1.807, 2.05) is 0 Å². The molecule has 1 aromatic rings. The maximum atomic E-state index is 12.1. The molecule has 18 heavy (non-hydrogen) atoms. The Hall–Kier alpha value is -1.05. The van der Waals surface area contributed by atoms with Crippen LogP contribution in [0, 0.1) is 0 Å². The minimum Gasteiger partial charge on any atom is -0.495 e. The van der Waals surface area contributed by atoms with Crippen LogP contribution in [0.4, 0.5) is 0 Å². The monoisotopic (exact) mass is 308 g/mol. The van der Waals surface area contributed by atoms with Crippen LogP contribution < -0.4 is 14.8 Å².